The number of rotatable bonds is 7. The second-order valence-electron chi connectivity index (χ2n) is 6.94. The maximum absolute atomic E-state index is 11.6. The molecule has 1 fully saturated rings. The van der Waals surface area contributed by atoms with Gasteiger partial charge in [0, 0.05) is 6.42 Å². The minimum absolute atomic E-state index is 0.0343. The van der Waals surface area contributed by atoms with Crippen LogP contribution in [0.1, 0.15) is 25.4 Å². The first-order valence-electron chi connectivity index (χ1n) is 9.25. The smallest absolute Gasteiger partial charge is 0.320 e. The van der Waals surface area contributed by atoms with Gasteiger partial charge >= 0.3 is 5.97 Å². The number of aryl methyl sites for hydroxylation is 1. The lowest BCUT2D eigenvalue weighted by Gasteiger charge is -2.25. The van der Waals surface area contributed by atoms with E-state index in [4.69, 9.17) is 15.2 Å². The van der Waals surface area contributed by atoms with Crippen molar-refractivity contribution in [3.05, 3.63) is 12.2 Å². The molecule has 0 spiro atoms. The molecule has 5 N–H and O–H groups in total. The van der Waals surface area contributed by atoms with Gasteiger partial charge in [-0.15, -0.1) is 0 Å². The number of likely N-dealkylation sites (N-methyl/N-ethyl adjacent to an activating group) is 1. The number of hydrogen-bond acceptors (Lipinski definition) is 11. The van der Waals surface area contributed by atoms with Crippen molar-refractivity contribution in [2.24, 2.45) is 0 Å². The molecular weight excluding hydrogens is 384 g/mol. The van der Waals surface area contributed by atoms with E-state index in [-0.39, 0.29) is 25.4 Å². The van der Waals surface area contributed by atoms with Crippen LogP contribution in [-0.4, -0.2) is 90.4 Å². The molecule has 12 heteroatoms. The highest BCUT2D eigenvalue weighted by Crippen LogP contribution is 2.35. The third-order valence-electron chi connectivity index (χ3n) is 4.91. The molecule has 0 amide bonds. The number of ether oxygens (including phenoxy) is 2. The molecule has 0 bridgehead atoms. The number of esters is 1. The van der Waals surface area contributed by atoms with Gasteiger partial charge in [0.05, 0.1) is 19.3 Å². The van der Waals surface area contributed by atoms with E-state index in [1.54, 1.807) is 20.9 Å². The second-order valence-corrected chi connectivity index (χ2v) is 6.94. The van der Waals surface area contributed by atoms with Crippen LogP contribution in [0, 0.1) is 6.92 Å². The van der Waals surface area contributed by atoms with Crippen LogP contribution in [0.25, 0.3) is 11.2 Å². The number of nitrogen functional groups attached to an aromatic ring is 1. The molecule has 1 unspecified atom stereocenters. The fraction of sp³-hybridized carbons (Fsp3) is 0.647. The van der Waals surface area contributed by atoms with E-state index in [1.165, 1.54) is 15.8 Å². The first-order valence-corrected chi connectivity index (χ1v) is 9.25. The molecule has 12 nitrogen and oxygen atoms in total. The van der Waals surface area contributed by atoms with Crippen molar-refractivity contribution < 1.29 is 29.6 Å². The van der Waals surface area contributed by atoms with Gasteiger partial charge in [0.15, 0.2) is 23.2 Å². The van der Waals surface area contributed by atoms with Gasteiger partial charge in [0.25, 0.3) is 0 Å². The zero-order valence-corrected chi connectivity index (χ0v) is 16.5. The van der Waals surface area contributed by atoms with Gasteiger partial charge in [0.2, 0.25) is 0 Å². The first-order chi connectivity index (χ1) is 13.7. The molecule has 0 saturated carbocycles. The van der Waals surface area contributed by atoms with Crippen LogP contribution >= 0.6 is 0 Å². The van der Waals surface area contributed by atoms with Crippen molar-refractivity contribution in [1.82, 2.24) is 24.4 Å². The Hall–Kier alpha value is -2.38. The van der Waals surface area contributed by atoms with Crippen LogP contribution in [0.15, 0.2) is 6.33 Å². The molecule has 160 valence electrons. The number of hydrogen-bond donors (Lipinski definition) is 4. The maximum atomic E-state index is 11.6. The summed E-state index contributed by atoms with van der Waals surface area (Å²) in [6.07, 6.45) is -4.26. The Morgan fingerprint density at radius 1 is 1.41 bits per heavy atom. The third kappa shape index (κ3) is 4.16. The summed E-state index contributed by atoms with van der Waals surface area (Å²) in [7, 11) is 1.55. The number of carbonyl (C=O) groups excluding carboxylic acids is 1. The molecule has 0 radical (unpaired) electrons. The highest BCUT2D eigenvalue weighted by molar-refractivity contribution is 5.81. The molecule has 1 aliphatic heterocycles. The molecule has 3 heterocycles. The standard InChI is InChI=1S/C17H26N6O6/c1-4-28-11(25)6-22(3)10(24)5-9-13(26)14(27)17(29-9)23-8(2)21-12-15(18)19-7-20-16(12)23/h7,9-10,13-14,17,24,26-27H,4-6H2,1-3H3,(H2,18,19,20)/t9-,10?,13-,14-,17-/m1/s1. The topological polar surface area (TPSA) is 169 Å². The van der Waals surface area contributed by atoms with Gasteiger partial charge in [-0.3, -0.25) is 14.3 Å². The summed E-state index contributed by atoms with van der Waals surface area (Å²) >= 11 is 0. The van der Waals surface area contributed by atoms with Crippen LogP contribution in [0.3, 0.4) is 0 Å². The quantitative estimate of drug-likeness (QED) is 0.311. The Morgan fingerprint density at radius 2 is 2.14 bits per heavy atom. The Balaban J connectivity index is 1.75. The lowest BCUT2D eigenvalue weighted by molar-refractivity contribution is -0.148. The van der Waals surface area contributed by atoms with Gasteiger partial charge < -0.3 is 30.5 Å². The van der Waals surface area contributed by atoms with E-state index < -0.39 is 36.7 Å². The second kappa shape index (κ2) is 8.55. The highest BCUT2D eigenvalue weighted by atomic mass is 16.6. The van der Waals surface area contributed by atoms with Gasteiger partial charge in [-0.25, -0.2) is 15.0 Å². The SMILES string of the molecule is CCOC(=O)CN(C)C(O)C[C@H]1O[C@@H](n2c(C)nc3c(N)ncnc32)[C@H](O)[C@@H]1O. The van der Waals surface area contributed by atoms with E-state index in [0.29, 0.717) is 17.0 Å². The van der Waals surface area contributed by atoms with Crippen LogP contribution < -0.4 is 5.73 Å². The predicted molar refractivity (Wildman–Crippen MR) is 100 cm³/mol. The average Bonchev–Trinajstić information content (AvgIpc) is 3.13. The molecule has 1 saturated heterocycles. The average molecular weight is 410 g/mol. The number of nitrogens with zero attached hydrogens (tertiary/aromatic N) is 5. The van der Waals surface area contributed by atoms with Crippen molar-refractivity contribution in [2.45, 2.75) is 51.0 Å². The summed E-state index contributed by atoms with van der Waals surface area (Å²) < 4.78 is 12.2. The Kier molecular flexibility index (Phi) is 6.29. The lowest BCUT2D eigenvalue weighted by Crippen LogP contribution is -2.41. The molecule has 2 aromatic heterocycles. The summed E-state index contributed by atoms with van der Waals surface area (Å²) in [5.74, 6) is 0.194. The molecule has 1 aliphatic rings. The van der Waals surface area contributed by atoms with Crippen molar-refractivity contribution in [1.29, 1.82) is 0 Å². The number of anilines is 1. The monoisotopic (exact) mass is 410 g/mol. The number of aliphatic hydroxyl groups excluding tert-OH is 3. The molecule has 0 aromatic carbocycles. The zero-order valence-electron chi connectivity index (χ0n) is 16.5. The van der Waals surface area contributed by atoms with E-state index in [2.05, 4.69) is 15.0 Å². The van der Waals surface area contributed by atoms with Gasteiger partial charge in [-0.1, -0.05) is 0 Å². The molecule has 2 aromatic rings. The number of fused-ring (bicyclic) bond motifs is 1. The molecule has 0 aliphatic carbocycles. The highest BCUT2D eigenvalue weighted by Gasteiger charge is 2.45. The van der Waals surface area contributed by atoms with Crippen LogP contribution in [0.4, 0.5) is 5.82 Å². The molecule has 3 rings (SSSR count). The first kappa shape index (κ1) is 21.3. The summed E-state index contributed by atoms with van der Waals surface area (Å²) in [6.45, 7) is 3.51. The Labute approximate surface area is 166 Å². The van der Waals surface area contributed by atoms with Crippen molar-refractivity contribution in [3.8, 4) is 0 Å². The van der Waals surface area contributed by atoms with E-state index in [0.717, 1.165) is 0 Å². The number of carbonyl (C=O) groups is 1. The van der Waals surface area contributed by atoms with Crippen molar-refractivity contribution in [2.75, 3.05) is 25.9 Å². The summed E-state index contributed by atoms with van der Waals surface area (Å²) in [6, 6.07) is 0. The summed E-state index contributed by atoms with van der Waals surface area (Å²) in [5.41, 5.74) is 6.57. The van der Waals surface area contributed by atoms with Gasteiger partial charge in [-0.2, -0.15) is 0 Å². The Morgan fingerprint density at radius 3 is 2.83 bits per heavy atom. The number of aliphatic hydroxyl groups is 3. The third-order valence-corrected chi connectivity index (χ3v) is 4.91. The Bertz CT molecular complexity index is 875. The number of aromatic nitrogens is 4. The minimum atomic E-state index is -1.28. The van der Waals surface area contributed by atoms with Crippen molar-refractivity contribution in [3.63, 3.8) is 0 Å². The minimum Gasteiger partial charge on any atom is -0.465 e. The van der Waals surface area contributed by atoms with E-state index in [1.807, 2.05) is 0 Å². The largest absolute Gasteiger partial charge is 0.465 e. The van der Waals surface area contributed by atoms with Gasteiger partial charge in [-0.05, 0) is 20.9 Å². The lowest BCUT2D eigenvalue weighted by atomic mass is 10.1. The maximum Gasteiger partial charge on any atom is 0.320 e. The fourth-order valence-electron chi connectivity index (χ4n) is 3.38. The van der Waals surface area contributed by atoms with E-state index in [9.17, 15) is 20.1 Å². The summed E-state index contributed by atoms with van der Waals surface area (Å²) in [4.78, 5) is 25.3. The van der Waals surface area contributed by atoms with Crippen molar-refractivity contribution >= 4 is 23.0 Å². The van der Waals surface area contributed by atoms with E-state index >= 15 is 0 Å². The zero-order chi connectivity index (χ0) is 21.3. The molecule has 5 atom stereocenters. The van der Waals surface area contributed by atoms with Gasteiger partial charge in [0.1, 0.15) is 30.6 Å². The van der Waals surface area contributed by atoms with Crippen LogP contribution in [-0.2, 0) is 14.3 Å². The number of imidazole rings is 1. The fourth-order valence-corrected chi connectivity index (χ4v) is 3.38. The predicted octanol–water partition coefficient (Wildman–Crippen LogP) is -1.46. The van der Waals surface area contributed by atoms with Crippen LogP contribution in [0.2, 0.25) is 0 Å². The normalized spacial score (nSPS) is 25.6. The molecule has 29 heavy (non-hydrogen) atoms. The molecular formula is C17H26N6O6. The summed E-state index contributed by atoms with van der Waals surface area (Å²) in [5, 5.41) is 31.4. The number of nitrogens with two attached hydrogens (primary N) is 1. The van der Waals surface area contributed by atoms with Crippen LogP contribution in [0.5, 0.6) is 0 Å².